The van der Waals surface area contributed by atoms with E-state index in [0.717, 1.165) is 13.2 Å². The van der Waals surface area contributed by atoms with Crippen molar-refractivity contribution < 1.29 is 4.74 Å². The highest BCUT2D eigenvalue weighted by molar-refractivity contribution is 5.25. The van der Waals surface area contributed by atoms with E-state index in [9.17, 15) is 0 Å². The van der Waals surface area contributed by atoms with Crippen molar-refractivity contribution >= 4 is 0 Å². The number of nitrogens with one attached hydrogen (secondary N) is 1. The molecule has 1 aromatic carbocycles. The van der Waals surface area contributed by atoms with Crippen molar-refractivity contribution in [1.82, 2.24) is 5.32 Å². The Labute approximate surface area is 103 Å². The zero-order chi connectivity index (χ0) is 11.6. The van der Waals surface area contributed by atoms with Gasteiger partial charge in [0.05, 0.1) is 12.7 Å². The van der Waals surface area contributed by atoms with Crippen LogP contribution in [0.2, 0.25) is 0 Å². The second kappa shape index (κ2) is 4.79. The van der Waals surface area contributed by atoms with Crippen LogP contribution in [0.4, 0.5) is 0 Å². The summed E-state index contributed by atoms with van der Waals surface area (Å²) < 4.78 is 5.32. The molecule has 1 unspecified atom stereocenters. The molecule has 1 aliphatic heterocycles. The van der Waals surface area contributed by atoms with E-state index in [1.807, 2.05) is 0 Å². The molecule has 1 aromatic rings. The molecule has 2 aliphatic rings. The Morgan fingerprint density at radius 3 is 2.47 bits per heavy atom. The van der Waals surface area contributed by atoms with Gasteiger partial charge in [-0.3, -0.25) is 0 Å². The van der Waals surface area contributed by atoms with E-state index >= 15 is 0 Å². The predicted octanol–water partition coefficient (Wildman–Crippen LogP) is 2.83. The maximum Gasteiger partial charge on any atom is 0.0934 e. The van der Waals surface area contributed by atoms with Crippen molar-refractivity contribution in [2.45, 2.75) is 43.7 Å². The highest BCUT2D eigenvalue weighted by Crippen LogP contribution is 2.37. The Morgan fingerprint density at radius 2 is 1.82 bits per heavy atom. The molecule has 0 aromatic heterocycles. The fourth-order valence-electron chi connectivity index (χ4n) is 2.98. The molecule has 2 heteroatoms. The molecular formula is C15H21NO. The van der Waals surface area contributed by atoms with Gasteiger partial charge in [-0.25, -0.2) is 0 Å². The van der Waals surface area contributed by atoms with Crippen molar-refractivity contribution in [3.8, 4) is 0 Å². The van der Waals surface area contributed by atoms with Crippen LogP contribution >= 0.6 is 0 Å². The van der Waals surface area contributed by atoms with E-state index in [2.05, 4.69) is 35.6 Å². The van der Waals surface area contributed by atoms with Gasteiger partial charge in [-0.1, -0.05) is 49.6 Å². The first-order valence-corrected chi connectivity index (χ1v) is 6.81. The molecule has 17 heavy (non-hydrogen) atoms. The summed E-state index contributed by atoms with van der Waals surface area (Å²) >= 11 is 0. The predicted molar refractivity (Wildman–Crippen MR) is 68.9 cm³/mol. The number of rotatable bonds is 4. The van der Waals surface area contributed by atoms with Crippen molar-refractivity contribution in [1.29, 1.82) is 0 Å². The van der Waals surface area contributed by atoms with Gasteiger partial charge in [0, 0.05) is 12.1 Å². The number of hydrogen-bond donors (Lipinski definition) is 1. The Hall–Kier alpha value is -0.860. The summed E-state index contributed by atoms with van der Waals surface area (Å²) in [5.74, 6) is 0. The van der Waals surface area contributed by atoms with Gasteiger partial charge in [-0.15, -0.1) is 0 Å². The van der Waals surface area contributed by atoms with E-state index in [1.54, 1.807) is 0 Å². The quantitative estimate of drug-likeness (QED) is 0.806. The lowest BCUT2D eigenvalue weighted by Crippen LogP contribution is -2.45. The van der Waals surface area contributed by atoms with Crippen molar-refractivity contribution in [2.75, 3.05) is 13.2 Å². The molecule has 1 N–H and O–H groups in total. The fourth-order valence-corrected chi connectivity index (χ4v) is 2.98. The lowest BCUT2D eigenvalue weighted by atomic mass is 9.76. The Morgan fingerprint density at radius 1 is 1.12 bits per heavy atom. The summed E-state index contributed by atoms with van der Waals surface area (Å²) in [7, 11) is 0. The van der Waals surface area contributed by atoms with Crippen LogP contribution in [0.25, 0.3) is 0 Å². The van der Waals surface area contributed by atoms with Gasteiger partial charge < -0.3 is 10.1 Å². The molecule has 0 amide bonds. The van der Waals surface area contributed by atoms with Crippen LogP contribution in [0.5, 0.6) is 0 Å². The van der Waals surface area contributed by atoms with Crippen molar-refractivity contribution in [3.05, 3.63) is 35.9 Å². The van der Waals surface area contributed by atoms with Gasteiger partial charge in [-0.05, 0) is 18.4 Å². The van der Waals surface area contributed by atoms with Crippen LogP contribution in [0.1, 0.15) is 37.7 Å². The average Bonchev–Trinajstić information content (AvgIpc) is 3.23. The van der Waals surface area contributed by atoms with E-state index in [-0.39, 0.29) is 5.54 Å². The molecule has 0 radical (unpaired) electrons. The number of ether oxygens (including phenoxy) is 1. The molecule has 1 saturated carbocycles. The van der Waals surface area contributed by atoms with E-state index in [1.165, 1.54) is 37.7 Å². The first-order valence-electron chi connectivity index (χ1n) is 6.81. The molecule has 1 aliphatic carbocycles. The summed E-state index contributed by atoms with van der Waals surface area (Å²) in [5.41, 5.74) is 1.67. The molecule has 92 valence electrons. The smallest absolute Gasteiger partial charge is 0.0934 e. The number of benzene rings is 1. The highest BCUT2D eigenvalue weighted by Gasteiger charge is 2.35. The summed E-state index contributed by atoms with van der Waals surface area (Å²) in [6.07, 6.45) is 7.07. The van der Waals surface area contributed by atoms with Crippen molar-refractivity contribution in [2.24, 2.45) is 0 Å². The Balaban J connectivity index is 1.78. The van der Waals surface area contributed by atoms with Crippen LogP contribution in [-0.4, -0.2) is 19.3 Å². The van der Waals surface area contributed by atoms with Gasteiger partial charge in [0.25, 0.3) is 0 Å². The van der Waals surface area contributed by atoms with Crippen LogP contribution in [-0.2, 0) is 10.3 Å². The van der Waals surface area contributed by atoms with Gasteiger partial charge >= 0.3 is 0 Å². The number of hydrogen-bond acceptors (Lipinski definition) is 2. The Bertz CT molecular complexity index is 352. The molecule has 0 spiro atoms. The first-order chi connectivity index (χ1) is 8.39. The molecule has 2 fully saturated rings. The SMILES string of the molecule is c1ccc(C2(NCC3CO3)CCCCC2)cc1. The summed E-state index contributed by atoms with van der Waals surface area (Å²) in [5, 5.41) is 3.79. The van der Waals surface area contributed by atoms with Crippen LogP contribution < -0.4 is 5.32 Å². The number of epoxide rings is 1. The zero-order valence-electron chi connectivity index (χ0n) is 10.3. The third-order valence-corrected chi connectivity index (χ3v) is 4.10. The second-order valence-corrected chi connectivity index (χ2v) is 5.35. The van der Waals surface area contributed by atoms with Crippen LogP contribution in [0.15, 0.2) is 30.3 Å². The third kappa shape index (κ3) is 2.53. The first kappa shape index (κ1) is 11.2. The van der Waals surface area contributed by atoms with Crippen LogP contribution in [0.3, 0.4) is 0 Å². The molecule has 3 rings (SSSR count). The molecule has 0 bridgehead atoms. The molecule has 2 nitrogen and oxygen atoms in total. The van der Waals surface area contributed by atoms with Gasteiger partial charge in [-0.2, -0.15) is 0 Å². The molecule has 1 atom stereocenters. The molecular weight excluding hydrogens is 210 g/mol. The fraction of sp³-hybridized carbons (Fsp3) is 0.600. The van der Waals surface area contributed by atoms with E-state index in [4.69, 9.17) is 4.74 Å². The average molecular weight is 231 g/mol. The lowest BCUT2D eigenvalue weighted by molar-refractivity contribution is 0.225. The minimum Gasteiger partial charge on any atom is -0.372 e. The normalized spacial score (nSPS) is 26.7. The monoisotopic (exact) mass is 231 g/mol. The molecule has 1 heterocycles. The van der Waals surface area contributed by atoms with Gasteiger partial charge in [0.1, 0.15) is 0 Å². The minimum absolute atomic E-state index is 0.214. The summed E-state index contributed by atoms with van der Waals surface area (Å²) in [4.78, 5) is 0. The van der Waals surface area contributed by atoms with Gasteiger partial charge in [0.2, 0.25) is 0 Å². The summed E-state index contributed by atoms with van der Waals surface area (Å²) in [6, 6.07) is 10.9. The lowest BCUT2D eigenvalue weighted by Gasteiger charge is -2.39. The van der Waals surface area contributed by atoms with Crippen molar-refractivity contribution in [3.63, 3.8) is 0 Å². The third-order valence-electron chi connectivity index (χ3n) is 4.10. The summed E-state index contributed by atoms with van der Waals surface area (Å²) in [6.45, 7) is 1.95. The topological polar surface area (TPSA) is 24.6 Å². The standard InChI is InChI=1S/C15H21NO/c1-3-7-13(8-4-1)15(9-5-2-6-10-15)16-11-14-12-17-14/h1,3-4,7-8,14,16H,2,5-6,9-12H2. The molecule has 1 saturated heterocycles. The van der Waals surface area contributed by atoms with Gasteiger partial charge in [0.15, 0.2) is 0 Å². The minimum atomic E-state index is 0.214. The van der Waals surface area contributed by atoms with E-state index in [0.29, 0.717) is 6.10 Å². The zero-order valence-corrected chi connectivity index (χ0v) is 10.3. The van der Waals surface area contributed by atoms with Crippen LogP contribution in [0, 0.1) is 0 Å². The second-order valence-electron chi connectivity index (χ2n) is 5.35. The van der Waals surface area contributed by atoms with E-state index < -0.39 is 0 Å². The highest BCUT2D eigenvalue weighted by atomic mass is 16.6. The Kier molecular flexibility index (Phi) is 3.17. The largest absolute Gasteiger partial charge is 0.372 e. The maximum atomic E-state index is 5.32. The maximum absolute atomic E-state index is 5.32.